The smallest absolute Gasteiger partial charge is 0.0418 e. The van der Waals surface area contributed by atoms with Crippen molar-refractivity contribution in [1.82, 2.24) is 0 Å². The molecule has 1 fully saturated rings. The highest BCUT2D eigenvalue weighted by Gasteiger charge is 2.22. The van der Waals surface area contributed by atoms with Crippen molar-refractivity contribution in [2.75, 3.05) is 0 Å². The van der Waals surface area contributed by atoms with E-state index in [1.165, 1.54) is 38.5 Å². The Hall–Kier alpha value is 0.290. The van der Waals surface area contributed by atoms with Crippen LogP contribution in [0.15, 0.2) is 0 Å². The fraction of sp³-hybridized carbons (Fsp3) is 1.00. The normalized spacial score (nSPS) is 41.2. The van der Waals surface area contributed by atoms with Crippen molar-refractivity contribution in [3.8, 4) is 0 Å². The first kappa shape index (κ1) is 9.38. The van der Waals surface area contributed by atoms with Crippen molar-refractivity contribution >= 4 is 11.6 Å². The summed E-state index contributed by atoms with van der Waals surface area (Å²) in [5.41, 5.74) is 0. The van der Waals surface area contributed by atoms with E-state index in [-0.39, 0.29) is 4.87 Å². The van der Waals surface area contributed by atoms with Gasteiger partial charge in [0.1, 0.15) is 0 Å². The third-order valence-corrected chi connectivity index (χ3v) is 3.18. The van der Waals surface area contributed by atoms with E-state index < -0.39 is 0 Å². The highest BCUT2D eigenvalue weighted by Crippen LogP contribution is 2.33. The Morgan fingerprint density at radius 1 is 1.18 bits per heavy atom. The SMILES string of the molecule is CC1CCCCC(C)(Cl)CC1. The van der Waals surface area contributed by atoms with Gasteiger partial charge in [0.2, 0.25) is 0 Å². The molecule has 66 valence electrons. The molecule has 1 saturated carbocycles. The van der Waals surface area contributed by atoms with Crippen LogP contribution in [0.4, 0.5) is 0 Å². The molecule has 2 atom stereocenters. The van der Waals surface area contributed by atoms with Crippen LogP contribution in [0, 0.1) is 5.92 Å². The van der Waals surface area contributed by atoms with Gasteiger partial charge in [0.25, 0.3) is 0 Å². The van der Waals surface area contributed by atoms with E-state index in [4.69, 9.17) is 11.6 Å². The maximum atomic E-state index is 6.31. The first-order valence-electron chi connectivity index (χ1n) is 4.79. The Bertz CT molecular complexity index is 118. The summed E-state index contributed by atoms with van der Waals surface area (Å²) in [6.45, 7) is 4.53. The van der Waals surface area contributed by atoms with Crippen molar-refractivity contribution in [3.05, 3.63) is 0 Å². The molecule has 1 aliphatic carbocycles. The maximum Gasteiger partial charge on any atom is 0.0418 e. The van der Waals surface area contributed by atoms with Crippen molar-refractivity contribution in [2.45, 2.75) is 57.2 Å². The zero-order chi connectivity index (χ0) is 8.32. The Balaban J connectivity index is 2.38. The Morgan fingerprint density at radius 3 is 2.64 bits per heavy atom. The highest BCUT2D eigenvalue weighted by atomic mass is 35.5. The predicted molar refractivity (Wildman–Crippen MR) is 51.1 cm³/mol. The Labute approximate surface area is 75.3 Å². The molecule has 0 amide bonds. The average molecular weight is 175 g/mol. The van der Waals surface area contributed by atoms with Gasteiger partial charge in [-0.25, -0.2) is 0 Å². The van der Waals surface area contributed by atoms with Gasteiger partial charge in [-0.15, -0.1) is 11.6 Å². The molecular formula is C10H19Cl. The zero-order valence-electron chi connectivity index (χ0n) is 7.70. The summed E-state index contributed by atoms with van der Waals surface area (Å²) >= 11 is 6.31. The van der Waals surface area contributed by atoms with Crippen LogP contribution in [-0.4, -0.2) is 4.87 Å². The topological polar surface area (TPSA) is 0 Å². The van der Waals surface area contributed by atoms with Crippen LogP contribution in [0.5, 0.6) is 0 Å². The van der Waals surface area contributed by atoms with Gasteiger partial charge < -0.3 is 0 Å². The molecule has 0 aromatic heterocycles. The molecular weight excluding hydrogens is 156 g/mol. The van der Waals surface area contributed by atoms with Gasteiger partial charge in [-0.1, -0.05) is 26.2 Å². The van der Waals surface area contributed by atoms with Crippen LogP contribution in [-0.2, 0) is 0 Å². The molecule has 0 heterocycles. The lowest BCUT2D eigenvalue weighted by atomic mass is 9.87. The Kier molecular flexibility index (Phi) is 3.24. The minimum atomic E-state index is 0.106. The third-order valence-electron chi connectivity index (χ3n) is 2.80. The van der Waals surface area contributed by atoms with E-state index >= 15 is 0 Å². The molecule has 11 heavy (non-hydrogen) atoms. The molecule has 0 spiro atoms. The summed E-state index contributed by atoms with van der Waals surface area (Å²) in [6.07, 6.45) is 7.85. The molecule has 0 N–H and O–H groups in total. The summed E-state index contributed by atoms with van der Waals surface area (Å²) in [5.74, 6) is 0.897. The lowest BCUT2D eigenvalue weighted by Gasteiger charge is -2.26. The maximum absolute atomic E-state index is 6.31. The molecule has 1 heteroatoms. The average Bonchev–Trinajstić information content (AvgIpc) is 1.92. The van der Waals surface area contributed by atoms with E-state index in [1.807, 2.05) is 0 Å². The monoisotopic (exact) mass is 174 g/mol. The minimum Gasteiger partial charge on any atom is -0.120 e. The number of halogens is 1. The largest absolute Gasteiger partial charge is 0.120 e. The Morgan fingerprint density at radius 2 is 1.91 bits per heavy atom. The van der Waals surface area contributed by atoms with Crippen LogP contribution < -0.4 is 0 Å². The molecule has 0 aromatic carbocycles. The fourth-order valence-electron chi connectivity index (χ4n) is 1.80. The second-order valence-corrected chi connectivity index (χ2v) is 5.22. The van der Waals surface area contributed by atoms with Gasteiger partial charge in [0, 0.05) is 4.87 Å². The number of rotatable bonds is 0. The molecule has 0 aromatic rings. The van der Waals surface area contributed by atoms with Crippen molar-refractivity contribution < 1.29 is 0 Å². The van der Waals surface area contributed by atoms with E-state index in [2.05, 4.69) is 13.8 Å². The zero-order valence-corrected chi connectivity index (χ0v) is 8.45. The summed E-state index contributed by atoms with van der Waals surface area (Å²) in [7, 11) is 0. The minimum absolute atomic E-state index is 0.106. The predicted octanol–water partition coefficient (Wildman–Crippen LogP) is 3.97. The molecule has 0 nitrogen and oxygen atoms in total. The second-order valence-electron chi connectivity index (χ2n) is 4.30. The van der Waals surface area contributed by atoms with Crippen LogP contribution in [0.2, 0.25) is 0 Å². The summed E-state index contributed by atoms with van der Waals surface area (Å²) in [6, 6.07) is 0. The number of hydrogen-bond acceptors (Lipinski definition) is 0. The lowest BCUT2D eigenvalue weighted by Crippen LogP contribution is -2.19. The molecule has 2 unspecified atom stereocenters. The van der Waals surface area contributed by atoms with Gasteiger partial charge in [0.05, 0.1) is 0 Å². The molecule has 0 radical (unpaired) electrons. The van der Waals surface area contributed by atoms with Crippen LogP contribution in [0.1, 0.15) is 52.4 Å². The highest BCUT2D eigenvalue weighted by molar-refractivity contribution is 6.23. The standard InChI is InChI=1S/C10H19Cl/c1-9-5-3-4-7-10(2,11)8-6-9/h9H,3-8H2,1-2H3. The fourth-order valence-corrected chi connectivity index (χ4v) is 2.05. The molecule has 1 rings (SSSR count). The quantitative estimate of drug-likeness (QED) is 0.488. The first-order valence-corrected chi connectivity index (χ1v) is 5.17. The van der Waals surface area contributed by atoms with Gasteiger partial charge in [0.15, 0.2) is 0 Å². The van der Waals surface area contributed by atoms with Crippen LogP contribution in [0.3, 0.4) is 0 Å². The first-order chi connectivity index (χ1) is 5.10. The summed E-state index contributed by atoms with van der Waals surface area (Å²) in [5, 5.41) is 0. The van der Waals surface area contributed by atoms with Crippen molar-refractivity contribution in [3.63, 3.8) is 0 Å². The van der Waals surface area contributed by atoms with Crippen molar-refractivity contribution in [2.24, 2.45) is 5.92 Å². The van der Waals surface area contributed by atoms with Gasteiger partial charge in [-0.3, -0.25) is 0 Å². The van der Waals surface area contributed by atoms with E-state index in [0.717, 1.165) is 5.92 Å². The van der Waals surface area contributed by atoms with Crippen molar-refractivity contribution in [1.29, 1.82) is 0 Å². The molecule has 1 aliphatic rings. The number of hydrogen-bond donors (Lipinski definition) is 0. The van der Waals surface area contributed by atoms with Crippen LogP contribution in [0.25, 0.3) is 0 Å². The molecule has 0 saturated heterocycles. The molecule has 0 bridgehead atoms. The number of alkyl halides is 1. The van der Waals surface area contributed by atoms with E-state index in [1.54, 1.807) is 0 Å². The lowest BCUT2D eigenvalue weighted by molar-refractivity contribution is 0.360. The summed E-state index contributed by atoms with van der Waals surface area (Å²) in [4.78, 5) is 0.106. The van der Waals surface area contributed by atoms with E-state index in [0.29, 0.717) is 0 Å². The summed E-state index contributed by atoms with van der Waals surface area (Å²) < 4.78 is 0. The van der Waals surface area contributed by atoms with Gasteiger partial charge >= 0.3 is 0 Å². The molecule has 0 aliphatic heterocycles. The van der Waals surface area contributed by atoms with E-state index in [9.17, 15) is 0 Å². The third kappa shape index (κ3) is 3.46. The van der Waals surface area contributed by atoms with Gasteiger partial charge in [-0.2, -0.15) is 0 Å². The van der Waals surface area contributed by atoms with Gasteiger partial charge in [-0.05, 0) is 32.1 Å². The van der Waals surface area contributed by atoms with Crippen LogP contribution >= 0.6 is 11.6 Å². The second kappa shape index (κ2) is 3.80.